The van der Waals surface area contributed by atoms with E-state index < -0.39 is 0 Å². The van der Waals surface area contributed by atoms with E-state index in [0.29, 0.717) is 12.1 Å². The van der Waals surface area contributed by atoms with Crippen LogP contribution in [0, 0.1) is 0 Å². The van der Waals surface area contributed by atoms with Gasteiger partial charge in [-0.25, -0.2) is 9.48 Å². The van der Waals surface area contributed by atoms with E-state index in [4.69, 9.17) is 0 Å². The summed E-state index contributed by atoms with van der Waals surface area (Å²) in [5, 5.41) is 19.2. The summed E-state index contributed by atoms with van der Waals surface area (Å²) in [6, 6.07) is 18.3. The first kappa shape index (κ1) is 16.7. The lowest BCUT2D eigenvalue weighted by Crippen LogP contribution is -2.41. The van der Waals surface area contributed by atoms with Crippen LogP contribution < -0.4 is 10.6 Å². The molecule has 0 aliphatic carbocycles. The van der Waals surface area contributed by atoms with Crippen molar-refractivity contribution in [2.75, 3.05) is 11.9 Å². The molecule has 2 amide bonds. The van der Waals surface area contributed by atoms with E-state index in [1.54, 1.807) is 10.9 Å². The number of amides is 2. The largest absolute Gasteiger partial charge is 0.394 e. The average molecular weight is 336 g/mol. The van der Waals surface area contributed by atoms with Crippen LogP contribution >= 0.6 is 0 Å². The monoisotopic (exact) mass is 336 g/mol. The first-order valence-corrected chi connectivity index (χ1v) is 8.07. The molecular formula is C19H20N4O2. The van der Waals surface area contributed by atoms with Crippen molar-refractivity contribution in [2.24, 2.45) is 0 Å². The smallest absolute Gasteiger partial charge is 0.319 e. The van der Waals surface area contributed by atoms with Crippen molar-refractivity contribution in [2.45, 2.75) is 12.5 Å². The molecule has 0 saturated heterocycles. The van der Waals surface area contributed by atoms with Crippen LogP contribution in [0.25, 0.3) is 5.69 Å². The summed E-state index contributed by atoms with van der Waals surface area (Å²) in [4.78, 5) is 12.1. The summed E-state index contributed by atoms with van der Waals surface area (Å²) in [5.41, 5.74) is 2.64. The van der Waals surface area contributed by atoms with Gasteiger partial charge >= 0.3 is 6.03 Å². The fourth-order valence-electron chi connectivity index (χ4n) is 2.53. The number of aromatic nitrogens is 2. The number of rotatable bonds is 6. The number of hydrogen-bond donors (Lipinski definition) is 3. The molecule has 0 aliphatic rings. The SMILES string of the molecule is O=C(Nc1ccc(-n2cccn2)cc1)N[C@H](CO)Cc1ccccc1. The minimum Gasteiger partial charge on any atom is -0.394 e. The zero-order valence-electron chi connectivity index (χ0n) is 13.7. The van der Waals surface area contributed by atoms with Gasteiger partial charge in [0, 0.05) is 18.1 Å². The van der Waals surface area contributed by atoms with E-state index in [9.17, 15) is 9.90 Å². The van der Waals surface area contributed by atoms with Crippen LogP contribution in [0.4, 0.5) is 10.5 Å². The lowest BCUT2D eigenvalue weighted by atomic mass is 10.1. The number of aliphatic hydroxyl groups excluding tert-OH is 1. The molecule has 6 heteroatoms. The molecule has 25 heavy (non-hydrogen) atoms. The molecule has 1 atom stereocenters. The van der Waals surface area contributed by atoms with E-state index in [2.05, 4.69) is 15.7 Å². The summed E-state index contributed by atoms with van der Waals surface area (Å²) >= 11 is 0. The fraction of sp³-hybridized carbons (Fsp3) is 0.158. The first-order chi connectivity index (χ1) is 12.2. The van der Waals surface area contributed by atoms with Crippen molar-refractivity contribution in [1.29, 1.82) is 0 Å². The van der Waals surface area contributed by atoms with Crippen molar-refractivity contribution >= 4 is 11.7 Å². The minimum atomic E-state index is -0.346. The topological polar surface area (TPSA) is 79.2 Å². The standard InChI is InChI=1S/C19H20N4O2/c24-14-17(13-15-5-2-1-3-6-15)22-19(25)21-16-7-9-18(10-8-16)23-12-4-11-20-23/h1-12,17,24H,13-14H2,(H2,21,22,25)/t17-/m0/s1. The molecular weight excluding hydrogens is 316 g/mol. The van der Waals surface area contributed by atoms with Crippen molar-refractivity contribution < 1.29 is 9.90 Å². The number of benzene rings is 2. The van der Waals surface area contributed by atoms with E-state index in [1.807, 2.05) is 66.9 Å². The molecule has 128 valence electrons. The zero-order valence-corrected chi connectivity index (χ0v) is 13.7. The second-order valence-electron chi connectivity index (χ2n) is 5.67. The number of aliphatic hydroxyl groups is 1. The van der Waals surface area contributed by atoms with E-state index in [-0.39, 0.29) is 18.7 Å². The average Bonchev–Trinajstić information content (AvgIpc) is 3.17. The van der Waals surface area contributed by atoms with Crippen LogP contribution in [0.1, 0.15) is 5.56 Å². The van der Waals surface area contributed by atoms with Gasteiger partial charge in [-0.05, 0) is 42.3 Å². The van der Waals surface area contributed by atoms with Crippen molar-refractivity contribution in [3.63, 3.8) is 0 Å². The molecule has 0 fully saturated rings. The van der Waals surface area contributed by atoms with Crippen LogP contribution in [-0.2, 0) is 6.42 Å². The number of carbonyl (C=O) groups excluding carboxylic acids is 1. The van der Waals surface area contributed by atoms with Crippen LogP contribution in [-0.4, -0.2) is 33.6 Å². The third kappa shape index (κ3) is 4.68. The van der Waals surface area contributed by atoms with Crippen molar-refractivity contribution in [3.8, 4) is 5.69 Å². The van der Waals surface area contributed by atoms with Crippen molar-refractivity contribution in [1.82, 2.24) is 15.1 Å². The van der Waals surface area contributed by atoms with Gasteiger partial charge in [-0.15, -0.1) is 0 Å². The molecule has 3 aromatic rings. The Labute approximate surface area is 146 Å². The van der Waals surface area contributed by atoms with Crippen LogP contribution in [0.2, 0.25) is 0 Å². The fourth-order valence-corrected chi connectivity index (χ4v) is 2.53. The summed E-state index contributed by atoms with van der Waals surface area (Å²) < 4.78 is 1.74. The molecule has 0 unspecified atom stereocenters. The van der Waals surface area contributed by atoms with Gasteiger partial charge in [0.05, 0.1) is 18.3 Å². The Morgan fingerprint density at radius 2 is 1.84 bits per heavy atom. The van der Waals surface area contributed by atoms with Crippen LogP contribution in [0.3, 0.4) is 0 Å². The van der Waals surface area contributed by atoms with E-state index in [1.165, 1.54) is 0 Å². The minimum absolute atomic E-state index is 0.124. The Hall–Kier alpha value is -3.12. The molecule has 3 rings (SSSR count). The third-order valence-corrected chi connectivity index (χ3v) is 3.77. The van der Waals surface area contributed by atoms with Crippen LogP contribution in [0.15, 0.2) is 73.1 Å². The highest BCUT2D eigenvalue weighted by Crippen LogP contribution is 2.12. The highest BCUT2D eigenvalue weighted by molar-refractivity contribution is 5.89. The zero-order chi connectivity index (χ0) is 17.5. The van der Waals surface area contributed by atoms with Gasteiger partial charge < -0.3 is 15.7 Å². The maximum Gasteiger partial charge on any atom is 0.319 e. The van der Waals surface area contributed by atoms with Gasteiger partial charge in [-0.1, -0.05) is 30.3 Å². The molecule has 0 saturated carbocycles. The molecule has 0 aliphatic heterocycles. The van der Waals surface area contributed by atoms with Crippen LogP contribution in [0.5, 0.6) is 0 Å². The number of anilines is 1. The van der Waals surface area contributed by atoms with Gasteiger partial charge in [0.2, 0.25) is 0 Å². The second-order valence-corrected chi connectivity index (χ2v) is 5.67. The number of hydrogen-bond acceptors (Lipinski definition) is 3. The normalized spacial score (nSPS) is 11.7. The maximum absolute atomic E-state index is 12.1. The highest BCUT2D eigenvalue weighted by atomic mass is 16.3. The Bertz CT molecular complexity index is 786. The highest BCUT2D eigenvalue weighted by Gasteiger charge is 2.12. The molecule has 3 N–H and O–H groups in total. The van der Waals surface area contributed by atoms with Gasteiger partial charge in [0.1, 0.15) is 0 Å². The lowest BCUT2D eigenvalue weighted by Gasteiger charge is -2.17. The molecule has 0 bridgehead atoms. The second kappa shape index (κ2) is 8.12. The first-order valence-electron chi connectivity index (χ1n) is 8.07. The predicted molar refractivity (Wildman–Crippen MR) is 96.7 cm³/mol. The predicted octanol–water partition coefficient (Wildman–Crippen LogP) is 2.60. The Morgan fingerprint density at radius 3 is 2.48 bits per heavy atom. The molecule has 0 spiro atoms. The summed E-state index contributed by atoms with van der Waals surface area (Å²) in [6.45, 7) is -0.124. The molecule has 1 heterocycles. The quantitative estimate of drug-likeness (QED) is 0.647. The summed E-state index contributed by atoms with van der Waals surface area (Å²) in [7, 11) is 0. The maximum atomic E-state index is 12.1. The summed E-state index contributed by atoms with van der Waals surface area (Å²) in [6.07, 6.45) is 4.13. The summed E-state index contributed by atoms with van der Waals surface area (Å²) in [5.74, 6) is 0. The third-order valence-electron chi connectivity index (χ3n) is 3.77. The van der Waals surface area contributed by atoms with E-state index in [0.717, 1.165) is 11.3 Å². The molecule has 2 aromatic carbocycles. The van der Waals surface area contributed by atoms with E-state index >= 15 is 0 Å². The van der Waals surface area contributed by atoms with Crippen molar-refractivity contribution in [3.05, 3.63) is 78.6 Å². The Morgan fingerprint density at radius 1 is 1.08 bits per heavy atom. The Kier molecular flexibility index (Phi) is 5.43. The molecule has 1 aromatic heterocycles. The van der Waals surface area contributed by atoms with Gasteiger partial charge in [0.15, 0.2) is 0 Å². The van der Waals surface area contributed by atoms with Gasteiger partial charge in [-0.3, -0.25) is 0 Å². The van der Waals surface area contributed by atoms with Gasteiger partial charge in [0.25, 0.3) is 0 Å². The Balaban J connectivity index is 1.56. The number of urea groups is 1. The number of nitrogens with one attached hydrogen (secondary N) is 2. The molecule has 6 nitrogen and oxygen atoms in total. The lowest BCUT2D eigenvalue weighted by molar-refractivity contribution is 0.224. The number of carbonyl (C=O) groups is 1. The molecule has 0 radical (unpaired) electrons. The van der Waals surface area contributed by atoms with Gasteiger partial charge in [-0.2, -0.15) is 5.10 Å². The number of nitrogens with zero attached hydrogens (tertiary/aromatic N) is 2.